The topological polar surface area (TPSA) is 86.5 Å². The third-order valence-electron chi connectivity index (χ3n) is 6.67. The van der Waals surface area contributed by atoms with Gasteiger partial charge in [-0.3, -0.25) is 4.79 Å². The van der Waals surface area contributed by atoms with Crippen LogP contribution in [0, 0.1) is 12.7 Å². The summed E-state index contributed by atoms with van der Waals surface area (Å²) < 4.78 is 69.2. The summed E-state index contributed by atoms with van der Waals surface area (Å²) in [7, 11) is 1.35. The van der Waals surface area contributed by atoms with Crippen molar-refractivity contribution in [2.45, 2.75) is 25.6 Å². The van der Waals surface area contributed by atoms with Gasteiger partial charge < -0.3 is 19.3 Å². The van der Waals surface area contributed by atoms with E-state index in [0.29, 0.717) is 28.5 Å². The molecule has 0 saturated heterocycles. The highest BCUT2D eigenvalue weighted by molar-refractivity contribution is 6.33. The Labute approximate surface area is 264 Å². The number of methoxy groups -OCH3 is 1. The molecule has 5 aromatic rings. The summed E-state index contributed by atoms with van der Waals surface area (Å²) in [5.74, 6) is 0.239. The van der Waals surface area contributed by atoms with Gasteiger partial charge in [-0.15, -0.1) is 0 Å². The summed E-state index contributed by atoms with van der Waals surface area (Å²) in [6, 6.07) is 17.6. The highest BCUT2D eigenvalue weighted by Gasteiger charge is 2.30. The monoisotopic (exact) mass is 659 g/mol. The number of nitrogens with zero attached hydrogens (tertiary/aromatic N) is 2. The quantitative estimate of drug-likeness (QED) is 0.159. The molecule has 1 amide bonds. The molecule has 0 fully saturated rings. The lowest BCUT2D eigenvalue weighted by Crippen LogP contribution is -2.30. The van der Waals surface area contributed by atoms with E-state index in [-0.39, 0.29) is 33.7 Å². The van der Waals surface area contributed by atoms with Gasteiger partial charge in [0.15, 0.2) is 5.82 Å². The molecule has 7 nitrogen and oxygen atoms in total. The predicted molar refractivity (Wildman–Crippen MR) is 159 cm³/mol. The van der Waals surface area contributed by atoms with E-state index in [2.05, 4.69) is 15.5 Å². The minimum absolute atomic E-state index is 0.0443. The van der Waals surface area contributed by atoms with Crippen LogP contribution in [0.2, 0.25) is 10.0 Å². The second-order valence-corrected chi connectivity index (χ2v) is 10.7. The molecule has 1 unspecified atom stereocenters. The largest absolute Gasteiger partial charge is 0.494 e. The fourth-order valence-electron chi connectivity index (χ4n) is 4.48. The van der Waals surface area contributed by atoms with Crippen LogP contribution in [0.3, 0.4) is 0 Å². The molecule has 0 aliphatic carbocycles. The Hall–Kier alpha value is -4.61. The summed E-state index contributed by atoms with van der Waals surface area (Å²) >= 11 is 12.3. The van der Waals surface area contributed by atoms with Gasteiger partial charge in [0.2, 0.25) is 5.89 Å². The van der Waals surface area contributed by atoms with Gasteiger partial charge >= 0.3 is 6.18 Å². The average Bonchev–Trinajstić information content (AvgIpc) is 3.45. The number of hydrogen-bond donors (Lipinski definition) is 1. The summed E-state index contributed by atoms with van der Waals surface area (Å²) in [6.45, 7) is 1.63. The van der Waals surface area contributed by atoms with E-state index in [4.69, 9.17) is 37.2 Å². The number of ether oxygens (including phenoxy) is 2. The third kappa shape index (κ3) is 7.55. The van der Waals surface area contributed by atoms with E-state index in [9.17, 15) is 22.4 Å². The highest BCUT2D eigenvalue weighted by atomic mass is 35.5. The molecule has 1 N–H and O–H groups in total. The van der Waals surface area contributed by atoms with Crippen molar-refractivity contribution < 1.29 is 36.4 Å². The van der Waals surface area contributed by atoms with Gasteiger partial charge in [0.25, 0.3) is 5.91 Å². The van der Waals surface area contributed by atoms with E-state index in [0.717, 1.165) is 17.7 Å². The second kappa shape index (κ2) is 13.2. The Morgan fingerprint density at radius 3 is 2.22 bits per heavy atom. The SMILES string of the molecule is COc1c(Cl)cc(-c2ccc(C(F)(F)F)cc2)cc1C(=O)NC(Cc1ccc(Oc2ccc(F)c(Cl)c2)cc1)c1nc(C)no1. The number of alkyl halides is 3. The number of aromatic nitrogens is 2. The van der Waals surface area contributed by atoms with Gasteiger partial charge in [0.1, 0.15) is 29.1 Å². The molecule has 1 heterocycles. The van der Waals surface area contributed by atoms with Crippen molar-refractivity contribution in [3.8, 4) is 28.4 Å². The molecule has 0 spiro atoms. The lowest BCUT2D eigenvalue weighted by atomic mass is 10.00. The van der Waals surface area contributed by atoms with Crippen molar-refractivity contribution in [1.29, 1.82) is 0 Å². The summed E-state index contributed by atoms with van der Waals surface area (Å²) in [4.78, 5) is 18.0. The lowest BCUT2D eigenvalue weighted by molar-refractivity contribution is -0.137. The molecule has 5 rings (SSSR count). The molecule has 0 bridgehead atoms. The van der Waals surface area contributed by atoms with Crippen molar-refractivity contribution in [3.05, 3.63) is 123 Å². The zero-order chi connectivity index (χ0) is 32.3. The minimum Gasteiger partial charge on any atom is -0.494 e. The fourth-order valence-corrected chi connectivity index (χ4v) is 4.95. The minimum atomic E-state index is -4.49. The number of amides is 1. The van der Waals surface area contributed by atoms with Gasteiger partial charge in [0.05, 0.1) is 28.3 Å². The molecule has 0 radical (unpaired) electrons. The molecule has 45 heavy (non-hydrogen) atoms. The van der Waals surface area contributed by atoms with E-state index in [1.807, 2.05) is 0 Å². The Bertz CT molecular complexity index is 1830. The summed E-state index contributed by atoms with van der Waals surface area (Å²) in [6.07, 6.45) is -4.27. The zero-order valence-electron chi connectivity index (χ0n) is 23.6. The third-order valence-corrected chi connectivity index (χ3v) is 7.24. The average molecular weight is 660 g/mol. The lowest BCUT2D eigenvalue weighted by Gasteiger charge is -2.18. The summed E-state index contributed by atoms with van der Waals surface area (Å²) in [5.41, 5.74) is 0.826. The highest BCUT2D eigenvalue weighted by Crippen LogP contribution is 2.37. The van der Waals surface area contributed by atoms with Crippen LogP contribution in [0.1, 0.15) is 39.2 Å². The van der Waals surface area contributed by atoms with Crippen LogP contribution in [0.5, 0.6) is 17.2 Å². The van der Waals surface area contributed by atoms with Crippen molar-refractivity contribution in [3.63, 3.8) is 0 Å². The van der Waals surface area contributed by atoms with Gasteiger partial charge in [-0.05, 0) is 72.1 Å². The van der Waals surface area contributed by atoms with Crippen molar-refractivity contribution in [2.75, 3.05) is 7.11 Å². The second-order valence-electron chi connectivity index (χ2n) is 9.85. The van der Waals surface area contributed by atoms with Crippen LogP contribution in [0.25, 0.3) is 11.1 Å². The Morgan fingerprint density at radius 2 is 1.62 bits per heavy atom. The Morgan fingerprint density at radius 1 is 0.933 bits per heavy atom. The fraction of sp³-hybridized carbons (Fsp3) is 0.156. The number of hydrogen-bond acceptors (Lipinski definition) is 6. The smallest absolute Gasteiger partial charge is 0.416 e. The standard InChI is InChI=1S/C32H23Cl2F4N3O4/c1-17-39-31(45-41-17)28(13-18-3-9-22(10-4-18)44-23-11-12-27(35)25(33)16-23)40-30(42)24-14-20(15-26(34)29(24)43-2)19-5-7-21(8-6-19)32(36,37)38/h3-12,14-16,28H,13H2,1-2H3,(H,40,42). The first kappa shape index (κ1) is 31.8. The molecular weight excluding hydrogens is 637 g/mol. The number of carbonyl (C=O) groups is 1. The number of nitrogens with one attached hydrogen (secondary N) is 1. The first-order valence-corrected chi connectivity index (χ1v) is 14.0. The van der Waals surface area contributed by atoms with Crippen LogP contribution in [0.15, 0.2) is 83.4 Å². The van der Waals surface area contributed by atoms with Crippen LogP contribution >= 0.6 is 23.2 Å². The first-order chi connectivity index (χ1) is 21.4. The van der Waals surface area contributed by atoms with Gasteiger partial charge in [-0.2, -0.15) is 18.2 Å². The maximum Gasteiger partial charge on any atom is 0.416 e. The normalized spacial score (nSPS) is 12.1. The molecule has 1 aromatic heterocycles. The van der Waals surface area contributed by atoms with Crippen LogP contribution in [0.4, 0.5) is 17.6 Å². The Kier molecular flexibility index (Phi) is 9.31. The number of benzene rings is 4. The van der Waals surface area contributed by atoms with E-state index >= 15 is 0 Å². The predicted octanol–water partition coefficient (Wildman–Crippen LogP) is 9.02. The van der Waals surface area contributed by atoms with Crippen LogP contribution in [-0.4, -0.2) is 23.2 Å². The van der Waals surface area contributed by atoms with E-state index in [1.165, 1.54) is 49.6 Å². The molecule has 1 atom stereocenters. The molecule has 0 saturated carbocycles. The van der Waals surface area contributed by atoms with Crippen LogP contribution < -0.4 is 14.8 Å². The zero-order valence-corrected chi connectivity index (χ0v) is 25.1. The molecule has 4 aromatic carbocycles. The molecule has 232 valence electrons. The maximum atomic E-state index is 13.7. The molecule has 0 aliphatic rings. The van der Waals surface area contributed by atoms with Crippen LogP contribution in [-0.2, 0) is 12.6 Å². The summed E-state index contributed by atoms with van der Waals surface area (Å²) in [5, 5.41) is 6.74. The maximum absolute atomic E-state index is 13.7. The Balaban J connectivity index is 1.39. The molecular formula is C32H23Cl2F4N3O4. The van der Waals surface area contributed by atoms with Crippen molar-refractivity contribution in [1.82, 2.24) is 15.5 Å². The van der Waals surface area contributed by atoms with Gasteiger partial charge in [-0.25, -0.2) is 4.39 Å². The molecule has 13 heteroatoms. The van der Waals surface area contributed by atoms with Gasteiger partial charge in [-0.1, -0.05) is 52.6 Å². The van der Waals surface area contributed by atoms with Crippen molar-refractivity contribution in [2.24, 2.45) is 0 Å². The van der Waals surface area contributed by atoms with Crippen molar-refractivity contribution >= 4 is 29.1 Å². The number of rotatable bonds is 9. The van der Waals surface area contributed by atoms with Gasteiger partial charge in [0, 0.05) is 12.5 Å². The number of carbonyl (C=O) groups excluding carboxylic acids is 1. The number of aryl methyl sites for hydroxylation is 1. The first-order valence-electron chi connectivity index (χ1n) is 13.3. The van der Waals surface area contributed by atoms with E-state index in [1.54, 1.807) is 31.2 Å². The molecule has 0 aliphatic heterocycles. The van der Waals surface area contributed by atoms with E-state index < -0.39 is 29.5 Å². The number of halogens is 6.